The maximum absolute atomic E-state index is 13.1. The molecule has 0 bridgehead atoms. The zero-order chi connectivity index (χ0) is 20.7. The summed E-state index contributed by atoms with van der Waals surface area (Å²) >= 11 is 0. The van der Waals surface area contributed by atoms with Gasteiger partial charge in [0, 0.05) is 12.1 Å². The molecule has 0 aromatic rings. The zero-order valence-corrected chi connectivity index (χ0v) is 17.8. The van der Waals surface area contributed by atoms with E-state index in [-0.39, 0.29) is 35.9 Å². The van der Waals surface area contributed by atoms with Gasteiger partial charge in [-0.15, -0.1) is 0 Å². The summed E-state index contributed by atoms with van der Waals surface area (Å²) in [7, 11) is -3.15. The second-order valence-electron chi connectivity index (χ2n) is 8.70. The molecule has 2 atom stereocenters. The van der Waals surface area contributed by atoms with Crippen molar-refractivity contribution in [2.24, 2.45) is 5.92 Å². The van der Waals surface area contributed by atoms with Gasteiger partial charge in [0.05, 0.1) is 11.5 Å². The van der Waals surface area contributed by atoms with Crippen molar-refractivity contribution in [2.75, 3.05) is 18.1 Å². The number of nitrogens with one attached hydrogen (secondary N) is 1. The van der Waals surface area contributed by atoms with Crippen LogP contribution in [0.5, 0.6) is 0 Å². The van der Waals surface area contributed by atoms with Crippen molar-refractivity contribution in [3.63, 3.8) is 0 Å². The molecule has 1 spiro atoms. The van der Waals surface area contributed by atoms with Gasteiger partial charge in [-0.05, 0) is 51.4 Å². The van der Waals surface area contributed by atoms with Crippen LogP contribution < -0.4 is 5.32 Å². The van der Waals surface area contributed by atoms with Crippen LogP contribution in [0.1, 0.15) is 59.3 Å². The molecule has 9 heteroatoms. The van der Waals surface area contributed by atoms with Crippen molar-refractivity contribution >= 4 is 27.7 Å². The van der Waals surface area contributed by atoms with E-state index in [4.69, 9.17) is 0 Å². The normalized spacial score (nSPS) is 33.2. The van der Waals surface area contributed by atoms with Crippen LogP contribution >= 0.6 is 0 Å². The molecule has 0 aromatic carbocycles. The van der Waals surface area contributed by atoms with E-state index in [0.29, 0.717) is 31.6 Å². The first-order valence-corrected chi connectivity index (χ1v) is 12.1. The first-order chi connectivity index (χ1) is 13.1. The highest BCUT2D eigenvalue weighted by molar-refractivity contribution is 7.91. The Morgan fingerprint density at radius 3 is 2.46 bits per heavy atom. The quantitative estimate of drug-likeness (QED) is 0.684. The molecule has 3 fully saturated rings. The second-order valence-corrected chi connectivity index (χ2v) is 10.9. The number of carbonyl (C=O) groups is 3. The van der Waals surface area contributed by atoms with Crippen molar-refractivity contribution in [3.8, 4) is 0 Å². The SMILES string of the molecule is CC[C@H](C)N(C(=O)CN1C(=O)NC2(CCC(C)CC2)C1=O)[C@H]1CCS(=O)(=O)C1. The number of hydrogen-bond acceptors (Lipinski definition) is 5. The maximum atomic E-state index is 13.1. The Kier molecular flexibility index (Phi) is 5.76. The van der Waals surface area contributed by atoms with Gasteiger partial charge in [-0.3, -0.25) is 14.5 Å². The standard InChI is InChI=1S/C19H31N3O5S/c1-4-14(3)22(15-7-10-28(26,27)12-15)16(23)11-21-17(24)19(20-18(21)25)8-5-13(2)6-9-19/h13-15H,4-12H2,1-3H3,(H,20,25)/t13?,14-,15-,19?/m0/s1. The number of urea groups is 1. The van der Waals surface area contributed by atoms with Crippen LogP contribution in [-0.2, 0) is 19.4 Å². The molecule has 3 aliphatic rings. The molecule has 1 aliphatic carbocycles. The highest BCUT2D eigenvalue weighted by atomic mass is 32.2. The van der Waals surface area contributed by atoms with Crippen molar-refractivity contribution < 1.29 is 22.8 Å². The van der Waals surface area contributed by atoms with E-state index in [1.165, 1.54) is 0 Å². The molecular weight excluding hydrogens is 382 g/mol. The fourth-order valence-corrected chi connectivity index (χ4v) is 6.34. The van der Waals surface area contributed by atoms with Gasteiger partial charge in [0.15, 0.2) is 9.84 Å². The van der Waals surface area contributed by atoms with E-state index < -0.39 is 27.4 Å². The summed E-state index contributed by atoms with van der Waals surface area (Å²) in [6, 6.07) is -1.06. The molecule has 2 heterocycles. The molecular formula is C19H31N3O5S. The van der Waals surface area contributed by atoms with Crippen LogP contribution in [0.2, 0.25) is 0 Å². The van der Waals surface area contributed by atoms with Crippen LogP contribution in [0.15, 0.2) is 0 Å². The first kappa shape index (κ1) is 21.1. The van der Waals surface area contributed by atoms with Crippen LogP contribution in [0.25, 0.3) is 0 Å². The fraction of sp³-hybridized carbons (Fsp3) is 0.842. The first-order valence-electron chi connectivity index (χ1n) is 10.2. The highest BCUT2D eigenvalue weighted by Gasteiger charge is 2.53. The summed E-state index contributed by atoms with van der Waals surface area (Å²) in [5, 5.41) is 2.83. The summed E-state index contributed by atoms with van der Waals surface area (Å²) in [6.45, 7) is 5.61. The Labute approximate surface area is 166 Å². The van der Waals surface area contributed by atoms with Gasteiger partial charge in [0.2, 0.25) is 5.91 Å². The smallest absolute Gasteiger partial charge is 0.325 e. The minimum Gasteiger partial charge on any atom is -0.334 e. The van der Waals surface area contributed by atoms with E-state index in [9.17, 15) is 22.8 Å². The number of sulfone groups is 1. The largest absolute Gasteiger partial charge is 0.334 e. The van der Waals surface area contributed by atoms with E-state index in [1.807, 2.05) is 13.8 Å². The molecule has 158 valence electrons. The third-order valence-electron chi connectivity index (χ3n) is 6.62. The molecule has 28 heavy (non-hydrogen) atoms. The summed E-state index contributed by atoms with van der Waals surface area (Å²) in [4.78, 5) is 41.2. The molecule has 8 nitrogen and oxygen atoms in total. The van der Waals surface area contributed by atoms with E-state index >= 15 is 0 Å². The number of imide groups is 1. The van der Waals surface area contributed by atoms with Crippen LogP contribution in [0, 0.1) is 5.92 Å². The minimum absolute atomic E-state index is 0.0505. The lowest BCUT2D eigenvalue weighted by Gasteiger charge is -2.35. The maximum Gasteiger partial charge on any atom is 0.325 e. The summed E-state index contributed by atoms with van der Waals surface area (Å²) in [6.07, 6.45) is 4.00. The molecule has 2 aliphatic heterocycles. The Morgan fingerprint density at radius 2 is 1.93 bits per heavy atom. The lowest BCUT2D eigenvalue weighted by Crippen LogP contribution is -2.52. The Bertz CT molecular complexity index is 758. The van der Waals surface area contributed by atoms with Crippen molar-refractivity contribution in [1.29, 1.82) is 0 Å². The van der Waals surface area contributed by atoms with Crippen LogP contribution in [0.3, 0.4) is 0 Å². The predicted octanol–water partition coefficient (Wildman–Crippen LogP) is 1.30. The number of nitrogens with zero attached hydrogens (tertiary/aromatic N) is 2. The number of rotatable bonds is 5. The third kappa shape index (κ3) is 3.90. The molecule has 3 rings (SSSR count). The van der Waals surface area contributed by atoms with Crippen molar-refractivity contribution in [3.05, 3.63) is 0 Å². The average molecular weight is 414 g/mol. The molecule has 0 aromatic heterocycles. The average Bonchev–Trinajstić information content (AvgIpc) is 3.10. The summed E-state index contributed by atoms with van der Waals surface area (Å²) in [5.41, 5.74) is -0.873. The van der Waals surface area contributed by atoms with Crippen molar-refractivity contribution in [2.45, 2.75) is 76.9 Å². The Balaban J connectivity index is 1.74. The summed E-state index contributed by atoms with van der Waals surface area (Å²) in [5.74, 6) is -0.133. The molecule has 1 N–H and O–H groups in total. The van der Waals surface area contributed by atoms with Crippen LogP contribution in [-0.4, -0.2) is 71.7 Å². The zero-order valence-electron chi connectivity index (χ0n) is 16.9. The highest BCUT2D eigenvalue weighted by Crippen LogP contribution is 2.36. The molecule has 1 saturated carbocycles. The number of hydrogen-bond donors (Lipinski definition) is 1. The van der Waals surface area contributed by atoms with E-state index in [0.717, 1.165) is 17.7 Å². The fourth-order valence-electron chi connectivity index (χ4n) is 4.63. The molecule has 2 saturated heterocycles. The van der Waals surface area contributed by atoms with Crippen LogP contribution in [0.4, 0.5) is 4.79 Å². The van der Waals surface area contributed by atoms with Gasteiger partial charge < -0.3 is 10.2 Å². The van der Waals surface area contributed by atoms with Crippen molar-refractivity contribution in [1.82, 2.24) is 15.1 Å². The lowest BCUT2D eigenvalue weighted by atomic mass is 9.77. The van der Waals surface area contributed by atoms with Gasteiger partial charge in [-0.25, -0.2) is 13.2 Å². The van der Waals surface area contributed by atoms with Gasteiger partial charge >= 0.3 is 6.03 Å². The Morgan fingerprint density at radius 1 is 1.29 bits per heavy atom. The molecule has 0 unspecified atom stereocenters. The van der Waals surface area contributed by atoms with E-state index in [2.05, 4.69) is 12.2 Å². The second kappa shape index (κ2) is 7.65. The lowest BCUT2D eigenvalue weighted by molar-refractivity contribution is -0.142. The van der Waals surface area contributed by atoms with Gasteiger partial charge in [0.1, 0.15) is 12.1 Å². The Hall–Kier alpha value is -1.64. The predicted molar refractivity (Wildman–Crippen MR) is 104 cm³/mol. The van der Waals surface area contributed by atoms with Gasteiger partial charge in [-0.1, -0.05) is 13.8 Å². The van der Waals surface area contributed by atoms with Gasteiger partial charge in [-0.2, -0.15) is 0 Å². The minimum atomic E-state index is -3.15. The molecule has 0 radical (unpaired) electrons. The number of amides is 4. The third-order valence-corrected chi connectivity index (χ3v) is 8.37. The van der Waals surface area contributed by atoms with E-state index in [1.54, 1.807) is 4.90 Å². The number of carbonyl (C=O) groups excluding carboxylic acids is 3. The summed E-state index contributed by atoms with van der Waals surface area (Å²) < 4.78 is 23.8. The van der Waals surface area contributed by atoms with Gasteiger partial charge in [0.25, 0.3) is 5.91 Å². The monoisotopic (exact) mass is 413 g/mol. The molecule has 4 amide bonds. The topological polar surface area (TPSA) is 104 Å².